The molecule has 0 saturated carbocycles. The number of rotatable bonds is 24. The van der Waals surface area contributed by atoms with Crippen molar-refractivity contribution in [3.8, 4) is 11.5 Å². The Balaban J connectivity index is 0.00000882. The minimum absolute atomic E-state index is 0. The molecule has 7 nitrogen and oxygen atoms in total. The van der Waals surface area contributed by atoms with Crippen LogP contribution in [0, 0.1) is 0 Å². The molecule has 0 atom stereocenters. The van der Waals surface area contributed by atoms with Crippen LogP contribution in [-0.2, 0) is 33.1 Å². The third-order valence-electron chi connectivity index (χ3n) is 7.30. The fourth-order valence-corrected chi connectivity index (χ4v) is 6.04. The summed E-state index contributed by atoms with van der Waals surface area (Å²) in [6, 6.07) is 16.6. The van der Waals surface area contributed by atoms with Gasteiger partial charge in [0.2, 0.25) is 0 Å². The van der Waals surface area contributed by atoms with E-state index in [1.54, 1.807) is 0 Å². The van der Waals surface area contributed by atoms with Crippen LogP contribution in [0.25, 0.3) is 0 Å². The van der Waals surface area contributed by atoms with E-state index in [2.05, 4.69) is 24.3 Å². The van der Waals surface area contributed by atoms with Crippen molar-refractivity contribution in [3.63, 3.8) is 0 Å². The van der Waals surface area contributed by atoms with Crippen LogP contribution in [-0.4, -0.2) is 37.4 Å². The second-order valence-corrected chi connectivity index (χ2v) is 14.1. The molecule has 2 rings (SSSR count). The van der Waals surface area contributed by atoms with Gasteiger partial charge in [-0.05, 0) is 73.9 Å². The third kappa shape index (κ3) is 24.9. The normalized spacial score (nSPS) is 11.5. The first kappa shape index (κ1) is 43.1. The Labute approximate surface area is 305 Å². The molecule has 0 N–H and O–H groups in total. The molecule has 2 aromatic rings. The van der Waals surface area contributed by atoms with Crippen molar-refractivity contribution in [2.24, 2.45) is 0 Å². The van der Waals surface area contributed by atoms with E-state index in [1.807, 2.05) is 24.3 Å². The van der Waals surface area contributed by atoms with Gasteiger partial charge in [0.1, 0.15) is 11.5 Å². The van der Waals surface area contributed by atoms with Gasteiger partial charge >= 0.3 is 59.1 Å². The van der Waals surface area contributed by atoms with Gasteiger partial charge in [-0.15, -0.1) is 0 Å². The zero-order valence-electron chi connectivity index (χ0n) is 26.4. The second kappa shape index (κ2) is 25.2. The number of hydrogen-bond acceptors (Lipinski definition) is 7. The largest absolute Gasteiger partial charge is 1.00 e. The molecule has 0 amide bonds. The molecular weight excluding hydrogens is 606 g/mol. The van der Waals surface area contributed by atoms with E-state index in [-0.39, 0.29) is 70.6 Å². The first-order valence-electron chi connectivity index (χ1n) is 15.3. The third-order valence-corrected chi connectivity index (χ3v) is 8.88. The first-order chi connectivity index (χ1) is 19.6. The monoisotopic (exact) mass is 654 g/mol. The summed E-state index contributed by atoms with van der Waals surface area (Å²) in [5.41, 5.74) is 2.61. The van der Waals surface area contributed by atoms with Gasteiger partial charge < -0.3 is 13.8 Å². The Kier molecular flexibility index (Phi) is 25.2. The Hall–Kier alpha value is 0.0600. The van der Waals surface area contributed by atoms with Crippen molar-refractivity contribution in [1.29, 1.82) is 0 Å². The summed E-state index contributed by atoms with van der Waals surface area (Å²) in [5.74, 6) is 1.20. The Bertz CT molecular complexity index is 1080. The van der Waals surface area contributed by atoms with Gasteiger partial charge in [0.05, 0.1) is 20.2 Å². The summed E-state index contributed by atoms with van der Waals surface area (Å²) in [6.45, 7) is 0. The second-order valence-electron chi connectivity index (χ2n) is 11.1. The van der Waals surface area contributed by atoms with Crippen LogP contribution >= 0.6 is 0 Å². The van der Waals surface area contributed by atoms with Crippen LogP contribution in [0.3, 0.4) is 0 Å². The summed E-state index contributed by atoms with van der Waals surface area (Å²) < 4.78 is 69.5. The fourth-order valence-electron chi connectivity index (χ4n) is 4.92. The summed E-state index contributed by atoms with van der Waals surface area (Å²) in [7, 11) is -8.12. The first-order valence-corrected chi connectivity index (χ1v) is 18.5. The molecule has 0 aliphatic heterocycles. The van der Waals surface area contributed by atoms with Crippen molar-refractivity contribution in [2.45, 2.75) is 116 Å². The van der Waals surface area contributed by atoms with E-state index >= 15 is 0 Å². The maximum Gasteiger partial charge on any atom is 1.00 e. The summed E-state index contributed by atoms with van der Waals surface area (Å²) in [6.07, 6.45) is 18.2. The minimum atomic E-state index is -4.06. The molecule has 0 heterocycles. The Morgan fingerprint density at radius 3 is 0.953 bits per heavy atom. The predicted octanol–water partition coefficient (Wildman–Crippen LogP) is 1.90. The van der Waals surface area contributed by atoms with E-state index in [9.17, 15) is 25.9 Å². The Morgan fingerprint density at radius 1 is 0.419 bits per heavy atom. The van der Waals surface area contributed by atoms with Crippen molar-refractivity contribution < 1.29 is 89.8 Å². The smallest absolute Gasteiger partial charge is 0.748 e. The van der Waals surface area contributed by atoms with E-state index in [0.717, 1.165) is 88.5 Å². The molecule has 11 heteroatoms. The van der Waals surface area contributed by atoms with Crippen molar-refractivity contribution in [2.75, 3.05) is 11.5 Å². The quantitative estimate of drug-likeness (QED) is 0.0963. The summed E-state index contributed by atoms with van der Waals surface area (Å²) in [4.78, 5) is 0. The van der Waals surface area contributed by atoms with Crippen LogP contribution in [0.15, 0.2) is 48.5 Å². The van der Waals surface area contributed by atoms with Gasteiger partial charge in [-0.25, -0.2) is 16.8 Å². The molecule has 0 bridgehead atoms. The van der Waals surface area contributed by atoms with E-state index < -0.39 is 20.2 Å². The van der Waals surface area contributed by atoms with Crippen molar-refractivity contribution in [3.05, 3.63) is 59.7 Å². The molecule has 0 unspecified atom stereocenters. The number of hydrogen-bond donors (Lipinski definition) is 0. The average molecular weight is 655 g/mol. The van der Waals surface area contributed by atoms with Crippen molar-refractivity contribution in [1.82, 2.24) is 0 Å². The summed E-state index contributed by atoms with van der Waals surface area (Å²) in [5, 5.41) is 0. The van der Waals surface area contributed by atoms with Crippen LogP contribution in [0.5, 0.6) is 11.5 Å². The predicted molar refractivity (Wildman–Crippen MR) is 163 cm³/mol. The van der Waals surface area contributed by atoms with Gasteiger partial charge in [0, 0.05) is 11.5 Å². The molecule has 2 aromatic carbocycles. The molecule has 0 spiro atoms. The zero-order valence-corrected chi connectivity index (χ0v) is 32.1. The molecule has 43 heavy (non-hydrogen) atoms. The molecule has 0 radical (unpaired) electrons. The zero-order chi connectivity index (χ0) is 29.8. The Morgan fingerprint density at radius 2 is 0.674 bits per heavy atom. The molecule has 0 fully saturated rings. The van der Waals surface area contributed by atoms with E-state index in [1.165, 1.54) is 36.8 Å². The van der Waals surface area contributed by atoms with Crippen LogP contribution in [0.4, 0.5) is 0 Å². The van der Waals surface area contributed by atoms with Crippen LogP contribution in [0.1, 0.15) is 114 Å². The number of benzene rings is 2. The fraction of sp³-hybridized carbons (Fsp3) is 0.625. The standard InChI is InChI=1S/C32H50O7S2.2Na/c33-40(34,35)27-15-11-7-3-1-5-9-13-17-29-19-23-31(24-20-29)39-32-25-21-30(22-26-32)18-14-10-6-2-4-8-12-16-28-41(36,37)38;;/h19-26H,1-18,27-28H2,(H,33,34,35)(H,36,37,38);;/q;2*+1/p-2. The number of aryl methyl sites for hydroxylation is 2. The SMILES string of the molecule is O=S(=O)([O-])CCCCCCCCCCc1ccc(Oc2ccc(CCCCCCCCCCS(=O)(=O)[O-])cc2)cc1.[Na+].[Na+]. The molecule has 0 aliphatic rings. The molecule has 0 aliphatic carbocycles. The van der Waals surface area contributed by atoms with E-state index in [0.29, 0.717) is 12.8 Å². The molecule has 232 valence electrons. The molecule has 0 aromatic heterocycles. The minimum Gasteiger partial charge on any atom is -0.748 e. The van der Waals surface area contributed by atoms with Crippen LogP contribution < -0.4 is 63.9 Å². The number of ether oxygens (including phenoxy) is 1. The number of unbranched alkanes of at least 4 members (excludes halogenated alkanes) is 14. The summed E-state index contributed by atoms with van der Waals surface area (Å²) >= 11 is 0. The maximum atomic E-state index is 10.6. The van der Waals surface area contributed by atoms with Gasteiger partial charge in [0.25, 0.3) is 0 Å². The van der Waals surface area contributed by atoms with Crippen molar-refractivity contribution >= 4 is 20.2 Å². The van der Waals surface area contributed by atoms with Crippen LogP contribution in [0.2, 0.25) is 0 Å². The molecular formula is C32H48Na2O7S2. The van der Waals surface area contributed by atoms with Gasteiger partial charge in [-0.1, -0.05) is 101 Å². The van der Waals surface area contributed by atoms with E-state index in [4.69, 9.17) is 4.74 Å². The topological polar surface area (TPSA) is 124 Å². The van der Waals surface area contributed by atoms with Gasteiger partial charge in [0.15, 0.2) is 0 Å². The van der Waals surface area contributed by atoms with Gasteiger partial charge in [-0.2, -0.15) is 0 Å². The van der Waals surface area contributed by atoms with Gasteiger partial charge in [-0.3, -0.25) is 0 Å². The average Bonchev–Trinajstić information content (AvgIpc) is 2.91. The molecule has 0 saturated heterocycles. The maximum absolute atomic E-state index is 10.6.